The lowest BCUT2D eigenvalue weighted by molar-refractivity contribution is -0.138. The quantitative estimate of drug-likeness (QED) is 0.140. The molecule has 42 heavy (non-hydrogen) atoms. The number of hydrogen-bond acceptors (Lipinski definition) is 7. The normalized spacial score (nSPS) is 17.5. The Kier molecular flexibility index (Phi) is 8.84. The summed E-state index contributed by atoms with van der Waals surface area (Å²) in [7, 11) is 0. The molecule has 0 aliphatic carbocycles. The largest absolute Gasteiger partial charge is 0.480 e. The van der Waals surface area contributed by atoms with Crippen molar-refractivity contribution in [1.29, 1.82) is 5.26 Å². The standard InChI is InChI=1S/C28H26Cl2N6O5S/c29-19-9-16-12-35(26(39)22-10-15-3-1-2-4-21(15)42-22)8-6-18(16)24(30)23(19)25(38)34-20(27(40)41)11-32-28(33-14-31)36-7-5-17(37)13-36/h1-4,9-10,17,20,37H,5-8,11-13H2,(H,32,33)(H,34,38)(H,40,41)/t17-,20-/m0/s1. The monoisotopic (exact) mass is 628 g/mol. The number of fused-ring (bicyclic) bond motifs is 2. The number of benzene rings is 2. The molecule has 1 fully saturated rings. The molecule has 5 rings (SSSR count). The van der Waals surface area contributed by atoms with Gasteiger partial charge in [0, 0.05) is 30.9 Å². The lowest BCUT2D eigenvalue weighted by Crippen LogP contribution is -2.45. The molecule has 1 saturated heterocycles. The number of amides is 2. The number of nitriles is 1. The van der Waals surface area contributed by atoms with Gasteiger partial charge in [-0.2, -0.15) is 5.26 Å². The highest BCUT2D eigenvalue weighted by Crippen LogP contribution is 2.36. The summed E-state index contributed by atoms with van der Waals surface area (Å²) < 4.78 is 1.03. The van der Waals surface area contributed by atoms with Gasteiger partial charge in [0.15, 0.2) is 6.19 Å². The van der Waals surface area contributed by atoms with Crippen molar-refractivity contribution in [1.82, 2.24) is 20.4 Å². The molecule has 2 aliphatic rings. The van der Waals surface area contributed by atoms with E-state index in [-0.39, 0.29) is 47.1 Å². The molecule has 0 radical (unpaired) electrons. The molecule has 1 aromatic heterocycles. The van der Waals surface area contributed by atoms with Crippen molar-refractivity contribution < 1.29 is 24.6 Å². The zero-order valence-corrected chi connectivity index (χ0v) is 24.5. The summed E-state index contributed by atoms with van der Waals surface area (Å²) in [5.41, 5.74) is 1.32. The number of aliphatic hydroxyl groups is 1. The SMILES string of the molecule is N#CNC(=NC[C@H](NC(=O)c1c(Cl)cc2c(c1Cl)CCN(C(=O)c1cc3ccccc3s1)C2)C(=O)O)N1CC[C@H](O)C1. The second-order valence-corrected chi connectivity index (χ2v) is 11.8. The smallest absolute Gasteiger partial charge is 0.328 e. The maximum absolute atomic E-state index is 13.3. The van der Waals surface area contributed by atoms with Crippen molar-refractivity contribution >= 4 is 68.4 Å². The molecule has 2 amide bonds. The maximum Gasteiger partial charge on any atom is 0.328 e. The number of aliphatic carboxylic acids is 1. The highest BCUT2D eigenvalue weighted by molar-refractivity contribution is 7.20. The van der Waals surface area contributed by atoms with Gasteiger partial charge in [0.2, 0.25) is 5.96 Å². The van der Waals surface area contributed by atoms with Gasteiger partial charge in [0.25, 0.3) is 11.8 Å². The van der Waals surface area contributed by atoms with Crippen LogP contribution >= 0.6 is 34.5 Å². The van der Waals surface area contributed by atoms with Crippen LogP contribution in [0, 0.1) is 11.5 Å². The number of carboxylic acid groups (broad SMARTS) is 1. The van der Waals surface area contributed by atoms with Crippen molar-refractivity contribution in [3.05, 3.63) is 68.0 Å². The minimum atomic E-state index is -1.45. The molecule has 0 bridgehead atoms. The Morgan fingerprint density at radius 3 is 2.67 bits per heavy atom. The van der Waals surface area contributed by atoms with Crippen LogP contribution in [0.15, 0.2) is 41.4 Å². The second-order valence-electron chi connectivity index (χ2n) is 9.96. The predicted octanol–water partition coefficient (Wildman–Crippen LogP) is 3.08. The number of β-amino-alcohol motifs (C(OH)–C–C–N with tert-alkyl or cyclic N) is 1. The van der Waals surface area contributed by atoms with E-state index in [4.69, 9.17) is 28.5 Å². The fraction of sp³-hybridized carbons (Fsp3) is 0.321. The summed E-state index contributed by atoms with van der Waals surface area (Å²) in [6.45, 7) is 0.939. The average Bonchev–Trinajstić information content (AvgIpc) is 3.60. The van der Waals surface area contributed by atoms with E-state index in [0.717, 1.165) is 10.1 Å². The van der Waals surface area contributed by atoms with Crippen LogP contribution in [0.1, 0.15) is 37.6 Å². The van der Waals surface area contributed by atoms with Gasteiger partial charge in [0.05, 0.1) is 33.1 Å². The van der Waals surface area contributed by atoms with Gasteiger partial charge in [-0.15, -0.1) is 11.3 Å². The van der Waals surface area contributed by atoms with Crippen molar-refractivity contribution in [3.8, 4) is 6.19 Å². The predicted molar refractivity (Wildman–Crippen MR) is 159 cm³/mol. The number of carbonyl (C=O) groups is 3. The van der Waals surface area contributed by atoms with Crippen LogP contribution < -0.4 is 10.6 Å². The van der Waals surface area contributed by atoms with E-state index in [1.807, 2.05) is 30.3 Å². The van der Waals surface area contributed by atoms with Gasteiger partial charge in [-0.3, -0.25) is 14.9 Å². The number of thiophene rings is 1. The zero-order valence-electron chi connectivity index (χ0n) is 22.1. The Bertz CT molecular complexity index is 1600. The van der Waals surface area contributed by atoms with Crippen LogP contribution in [0.2, 0.25) is 10.0 Å². The topological polar surface area (TPSA) is 158 Å². The Balaban J connectivity index is 1.31. The summed E-state index contributed by atoms with van der Waals surface area (Å²) in [5.74, 6) is -2.13. The molecule has 0 unspecified atom stereocenters. The molecule has 3 aromatic rings. The number of rotatable bonds is 6. The third kappa shape index (κ3) is 6.15. The first kappa shape index (κ1) is 29.6. The number of likely N-dealkylation sites (tertiary alicyclic amines) is 1. The van der Waals surface area contributed by atoms with E-state index in [1.165, 1.54) is 11.3 Å². The van der Waals surface area contributed by atoms with Gasteiger partial charge in [-0.25, -0.2) is 9.79 Å². The second kappa shape index (κ2) is 12.5. The lowest BCUT2D eigenvalue weighted by atomic mass is 9.96. The minimum absolute atomic E-state index is 0.0259. The molecule has 11 nitrogen and oxygen atoms in total. The highest BCUT2D eigenvalue weighted by Gasteiger charge is 2.30. The molecule has 4 N–H and O–H groups in total. The number of guanidine groups is 1. The first-order chi connectivity index (χ1) is 20.2. The summed E-state index contributed by atoms with van der Waals surface area (Å²) >= 11 is 14.6. The fourth-order valence-electron chi connectivity index (χ4n) is 5.07. The van der Waals surface area contributed by atoms with Crippen molar-refractivity contribution in [2.75, 3.05) is 26.2 Å². The number of halogens is 2. The maximum atomic E-state index is 13.3. The number of aliphatic imine (C=N–C) groups is 1. The zero-order chi connectivity index (χ0) is 30.0. The third-order valence-electron chi connectivity index (χ3n) is 7.21. The van der Waals surface area contributed by atoms with E-state index >= 15 is 0 Å². The van der Waals surface area contributed by atoms with E-state index in [9.17, 15) is 24.6 Å². The number of nitrogens with one attached hydrogen (secondary N) is 2. The summed E-state index contributed by atoms with van der Waals surface area (Å²) in [6, 6.07) is 9.80. The van der Waals surface area contributed by atoms with Gasteiger partial charge < -0.3 is 25.3 Å². The number of aliphatic hydroxyl groups excluding tert-OH is 1. The summed E-state index contributed by atoms with van der Waals surface area (Å²) in [5, 5.41) is 34.5. The van der Waals surface area contributed by atoms with Crippen LogP contribution in [0.4, 0.5) is 0 Å². The van der Waals surface area contributed by atoms with Gasteiger partial charge in [-0.1, -0.05) is 41.4 Å². The van der Waals surface area contributed by atoms with Crippen molar-refractivity contribution in [2.45, 2.75) is 31.5 Å². The molecule has 3 heterocycles. The Morgan fingerprint density at radius 1 is 1.19 bits per heavy atom. The average molecular weight is 630 g/mol. The molecular weight excluding hydrogens is 603 g/mol. The molecule has 2 aromatic carbocycles. The number of carbonyl (C=O) groups excluding carboxylic acids is 2. The number of carboxylic acids is 1. The summed E-state index contributed by atoms with van der Waals surface area (Å²) in [4.78, 5) is 46.6. The van der Waals surface area contributed by atoms with E-state index in [1.54, 1.807) is 22.1 Å². The van der Waals surface area contributed by atoms with E-state index in [2.05, 4.69) is 15.6 Å². The lowest BCUT2D eigenvalue weighted by Gasteiger charge is -2.30. The van der Waals surface area contributed by atoms with Crippen LogP contribution in [-0.2, 0) is 17.8 Å². The Labute approximate surface area is 254 Å². The van der Waals surface area contributed by atoms with Crippen LogP contribution in [-0.4, -0.2) is 82.1 Å². The summed E-state index contributed by atoms with van der Waals surface area (Å²) in [6.07, 6.45) is 2.04. The molecular formula is C28H26Cl2N6O5S. The first-order valence-corrected chi connectivity index (χ1v) is 14.7. The molecule has 0 spiro atoms. The number of hydrogen-bond donors (Lipinski definition) is 4. The Morgan fingerprint density at radius 2 is 1.98 bits per heavy atom. The number of nitrogens with zero attached hydrogens (tertiary/aromatic N) is 4. The molecule has 2 atom stereocenters. The van der Waals surface area contributed by atoms with Crippen LogP contribution in [0.5, 0.6) is 0 Å². The van der Waals surface area contributed by atoms with Crippen LogP contribution in [0.25, 0.3) is 10.1 Å². The van der Waals surface area contributed by atoms with E-state index < -0.39 is 24.0 Å². The highest BCUT2D eigenvalue weighted by atomic mass is 35.5. The minimum Gasteiger partial charge on any atom is -0.480 e. The van der Waals surface area contributed by atoms with Crippen LogP contribution in [0.3, 0.4) is 0 Å². The van der Waals surface area contributed by atoms with Gasteiger partial charge in [-0.05, 0) is 47.6 Å². The fourth-order valence-corrected chi connectivity index (χ4v) is 6.87. The first-order valence-electron chi connectivity index (χ1n) is 13.1. The Hall–Kier alpha value is -3.89. The molecule has 2 aliphatic heterocycles. The molecule has 0 saturated carbocycles. The van der Waals surface area contributed by atoms with Crippen molar-refractivity contribution in [3.63, 3.8) is 0 Å². The molecule has 218 valence electrons. The van der Waals surface area contributed by atoms with Crippen molar-refractivity contribution in [2.24, 2.45) is 4.99 Å². The van der Waals surface area contributed by atoms with E-state index in [0.29, 0.717) is 41.9 Å². The van der Waals surface area contributed by atoms with Gasteiger partial charge >= 0.3 is 5.97 Å². The third-order valence-corrected chi connectivity index (χ3v) is 9.03. The van der Waals surface area contributed by atoms with Gasteiger partial charge in [0.1, 0.15) is 6.04 Å². The molecule has 14 heteroatoms.